The predicted molar refractivity (Wildman–Crippen MR) is 92.8 cm³/mol. The van der Waals surface area contributed by atoms with Crippen LogP contribution in [0.2, 0.25) is 0 Å². The Kier molecular flexibility index (Phi) is 5.58. The van der Waals surface area contributed by atoms with Crippen LogP contribution in [0.15, 0.2) is 36.4 Å². The Hall–Kier alpha value is -2.82. The largest absolute Gasteiger partial charge is 0.483 e. The molecule has 0 aromatic heterocycles. The van der Waals surface area contributed by atoms with Crippen LogP contribution in [-0.4, -0.2) is 23.6 Å². The average molecular weight is 327 g/mol. The second-order valence-electron chi connectivity index (χ2n) is 5.59. The molecule has 0 saturated carbocycles. The maximum Gasteiger partial charge on any atom is 0.337 e. The van der Waals surface area contributed by atoms with Gasteiger partial charge in [0.25, 0.3) is 5.91 Å². The minimum Gasteiger partial charge on any atom is -0.483 e. The molecule has 2 N–H and O–H groups in total. The molecule has 0 spiro atoms. The zero-order valence-corrected chi connectivity index (χ0v) is 14.1. The quantitative estimate of drug-likeness (QED) is 0.850. The lowest BCUT2D eigenvalue weighted by Crippen LogP contribution is -2.22. The molecular weight excluding hydrogens is 306 g/mol. The molecule has 0 bridgehead atoms. The Labute approximate surface area is 141 Å². The van der Waals surface area contributed by atoms with Gasteiger partial charge < -0.3 is 15.2 Å². The lowest BCUT2D eigenvalue weighted by Gasteiger charge is -2.14. The highest BCUT2D eigenvalue weighted by Gasteiger charge is 2.13. The molecule has 0 aliphatic carbocycles. The Morgan fingerprint density at radius 3 is 2.46 bits per heavy atom. The predicted octanol–water partition coefficient (Wildman–Crippen LogP) is 3.58. The van der Waals surface area contributed by atoms with Crippen LogP contribution in [0.5, 0.6) is 5.75 Å². The zero-order valence-electron chi connectivity index (χ0n) is 14.1. The molecule has 2 aromatic rings. The summed E-state index contributed by atoms with van der Waals surface area (Å²) in [4.78, 5) is 23.2. The topological polar surface area (TPSA) is 75.6 Å². The molecule has 24 heavy (non-hydrogen) atoms. The maximum absolute atomic E-state index is 12.1. The number of anilines is 1. The number of carbonyl (C=O) groups is 2. The number of hydrogen-bond donors (Lipinski definition) is 2. The summed E-state index contributed by atoms with van der Waals surface area (Å²) in [5, 5.41) is 11.7. The number of para-hydroxylation sites is 1. The molecule has 0 saturated heterocycles. The van der Waals surface area contributed by atoms with E-state index >= 15 is 0 Å². The highest BCUT2D eigenvalue weighted by molar-refractivity contribution is 6.00. The monoisotopic (exact) mass is 327 g/mol. The lowest BCUT2D eigenvalue weighted by molar-refractivity contribution is -0.118. The molecule has 0 aliphatic rings. The Morgan fingerprint density at radius 1 is 1.12 bits per heavy atom. The molecule has 2 aromatic carbocycles. The number of rotatable bonds is 6. The second-order valence-corrected chi connectivity index (χ2v) is 5.59. The van der Waals surface area contributed by atoms with Crippen molar-refractivity contribution < 1.29 is 19.4 Å². The third kappa shape index (κ3) is 4.13. The third-order valence-corrected chi connectivity index (χ3v) is 3.85. The van der Waals surface area contributed by atoms with Gasteiger partial charge in [-0.1, -0.05) is 25.1 Å². The summed E-state index contributed by atoms with van der Waals surface area (Å²) < 4.78 is 5.64. The van der Waals surface area contributed by atoms with Crippen molar-refractivity contribution in [1.82, 2.24) is 0 Å². The van der Waals surface area contributed by atoms with E-state index in [0.29, 0.717) is 5.75 Å². The summed E-state index contributed by atoms with van der Waals surface area (Å²) in [7, 11) is 0. The van der Waals surface area contributed by atoms with Crippen LogP contribution in [0.1, 0.15) is 34.0 Å². The number of carboxylic acid groups (broad SMARTS) is 1. The number of carbonyl (C=O) groups excluding carboxylic acids is 1. The first kappa shape index (κ1) is 17.5. The fraction of sp³-hybridized carbons (Fsp3) is 0.263. The number of nitrogens with one attached hydrogen (secondary N) is 1. The van der Waals surface area contributed by atoms with Gasteiger partial charge in [-0.2, -0.15) is 0 Å². The van der Waals surface area contributed by atoms with Crippen LogP contribution in [0.25, 0.3) is 0 Å². The summed E-state index contributed by atoms with van der Waals surface area (Å²) in [5.74, 6) is -0.805. The minimum atomic E-state index is -1.09. The summed E-state index contributed by atoms with van der Waals surface area (Å²) in [6.07, 6.45) is 0.805. The van der Waals surface area contributed by atoms with Crippen LogP contribution in [0.3, 0.4) is 0 Å². The van der Waals surface area contributed by atoms with E-state index in [9.17, 15) is 9.59 Å². The molecule has 0 aliphatic heterocycles. The van der Waals surface area contributed by atoms with E-state index < -0.39 is 11.9 Å². The number of amides is 1. The van der Waals surface area contributed by atoms with Crippen molar-refractivity contribution in [3.8, 4) is 5.75 Å². The summed E-state index contributed by atoms with van der Waals surface area (Å²) in [6.45, 7) is 5.88. The van der Waals surface area contributed by atoms with Gasteiger partial charge in [0.15, 0.2) is 6.61 Å². The van der Waals surface area contributed by atoms with Crippen LogP contribution in [-0.2, 0) is 11.2 Å². The standard InChI is InChI=1S/C19H21NO4/c1-4-14-9-12(2)13(3)10-17(14)24-11-18(21)20-16-8-6-5-7-15(16)19(22)23/h5-10H,4,11H2,1-3H3,(H,20,21)(H,22,23). The molecule has 0 heterocycles. The molecule has 0 atom stereocenters. The van der Waals surface area contributed by atoms with Gasteiger partial charge in [0.2, 0.25) is 0 Å². The van der Waals surface area contributed by atoms with Gasteiger partial charge in [-0.05, 0) is 55.2 Å². The van der Waals surface area contributed by atoms with Gasteiger partial charge >= 0.3 is 5.97 Å². The summed E-state index contributed by atoms with van der Waals surface area (Å²) in [5.41, 5.74) is 3.62. The number of aryl methyl sites for hydroxylation is 3. The summed E-state index contributed by atoms with van der Waals surface area (Å²) >= 11 is 0. The zero-order chi connectivity index (χ0) is 17.7. The second kappa shape index (κ2) is 7.64. The Morgan fingerprint density at radius 2 is 1.79 bits per heavy atom. The van der Waals surface area contributed by atoms with Crippen molar-refractivity contribution in [2.45, 2.75) is 27.2 Å². The molecule has 2 rings (SSSR count). The van der Waals surface area contributed by atoms with Gasteiger partial charge in [0.05, 0.1) is 11.3 Å². The SMILES string of the molecule is CCc1cc(C)c(C)cc1OCC(=O)Nc1ccccc1C(=O)O. The van der Waals surface area contributed by atoms with Crippen LogP contribution < -0.4 is 10.1 Å². The number of hydrogen-bond acceptors (Lipinski definition) is 3. The van der Waals surface area contributed by atoms with Crippen molar-refractivity contribution >= 4 is 17.6 Å². The first-order valence-electron chi connectivity index (χ1n) is 7.77. The van der Waals surface area contributed by atoms with Gasteiger partial charge in [-0.15, -0.1) is 0 Å². The van der Waals surface area contributed by atoms with Gasteiger partial charge in [0.1, 0.15) is 5.75 Å². The van der Waals surface area contributed by atoms with Gasteiger partial charge in [-0.3, -0.25) is 4.79 Å². The van der Waals surface area contributed by atoms with E-state index in [0.717, 1.165) is 17.5 Å². The van der Waals surface area contributed by atoms with E-state index in [1.807, 2.05) is 26.8 Å². The van der Waals surface area contributed by atoms with Crippen LogP contribution in [0.4, 0.5) is 5.69 Å². The Balaban J connectivity index is 2.07. The maximum atomic E-state index is 12.1. The molecule has 5 heteroatoms. The van der Waals surface area contributed by atoms with Gasteiger partial charge in [0, 0.05) is 0 Å². The van der Waals surface area contributed by atoms with Crippen molar-refractivity contribution in [1.29, 1.82) is 0 Å². The average Bonchev–Trinajstić information content (AvgIpc) is 2.55. The molecule has 0 radical (unpaired) electrons. The highest BCUT2D eigenvalue weighted by Crippen LogP contribution is 2.24. The molecule has 126 valence electrons. The summed E-state index contributed by atoms with van der Waals surface area (Å²) in [6, 6.07) is 10.3. The van der Waals surface area contributed by atoms with Crippen molar-refractivity contribution in [3.63, 3.8) is 0 Å². The number of ether oxygens (including phenoxy) is 1. The lowest BCUT2D eigenvalue weighted by atomic mass is 10.0. The number of aromatic carboxylic acids is 1. The molecule has 5 nitrogen and oxygen atoms in total. The van der Waals surface area contributed by atoms with E-state index in [4.69, 9.17) is 9.84 Å². The fourth-order valence-electron chi connectivity index (χ4n) is 2.37. The van der Waals surface area contributed by atoms with E-state index in [1.165, 1.54) is 11.6 Å². The molecule has 0 unspecified atom stereocenters. The van der Waals surface area contributed by atoms with E-state index in [-0.39, 0.29) is 17.9 Å². The first-order valence-corrected chi connectivity index (χ1v) is 7.77. The molecule has 1 amide bonds. The van der Waals surface area contributed by atoms with Crippen molar-refractivity contribution in [2.24, 2.45) is 0 Å². The first-order chi connectivity index (χ1) is 11.4. The highest BCUT2D eigenvalue weighted by atomic mass is 16.5. The molecular formula is C19H21NO4. The third-order valence-electron chi connectivity index (χ3n) is 3.85. The Bertz CT molecular complexity index is 768. The van der Waals surface area contributed by atoms with E-state index in [1.54, 1.807) is 18.2 Å². The smallest absolute Gasteiger partial charge is 0.337 e. The number of carboxylic acids is 1. The normalized spacial score (nSPS) is 10.3. The van der Waals surface area contributed by atoms with Gasteiger partial charge in [-0.25, -0.2) is 4.79 Å². The van der Waals surface area contributed by atoms with Crippen LogP contribution >= 0.6 is 0 Å². The van der Waals surface area contributed by atoms with E-state index in [2.05, 4.69) is 11.4 Å². The minimum absolute atomic E-state index is 0.0475. The molecule has 0 fully saturated rings. The number of benzene rings is 2. The van der Waals surface area contributed by atoms with Crippen LogP contribution in [0, 0.1) is 13.8 Å². The fourth-order valence-corrected chi connectivity index (χ4v) is 2.37. The van der Waals surface area contributed by atoms with Crippen molar-refractivity contribution in [3.05, 3.63) is 58.7 Å². The van der Waals surface area contributed by atoms with Crippen molar-refractivity contribution in [2.75, 3.05) is 11.9 Å².